The van der Waals surface area contributed by atoms with Crippen molar-refractivity contribution in [2.24, 2.45) is 0 Å². The Morgan fingerprint density at radius 3 is 2.25 bits per heavy atom. The van der Waals surface area contributed by atoms with E-state index in [9.17, 15) is 24.0 Å². The van der Waals surface area contributed by atoms with E-state index in [1.807, 2.05) is 64.2 Å². The van der Waals surface area contributed by atoms with E-state index in [1.54, 1.807) is 18.2 Å². The topological polar surface area (TPSA) is 201 Å². The van der Waals surface area contributed by atoms with Crippen molar-refractivity contribution in [1.29, 1.82) is 0 Å². The molecule has 6 heterocycles. The summed E-state index contributed by atoms with van der Waals surface area (Å²) in [6.07, 6.45) is 11.5. The predicted octanol–water partition coefficient (Wildman–Crippen LogP) is 6.28. The summed E-state index contributed by atoms with van der Waals surface area (Å²) in [4.78, 5) is 81.1. The Balaban J connectivity index is 0.649. The third-order valence-electron chi connectivity index (χ3n) is 13.7. The molecule has 68 heavy (non-hydrogen) atoms. The van der Waals surface area contributed by atoms with Crippen LogP contribution in [0.15, 0.2) is 79.1 Å². The Kier molecular flexibility index (Phi) is 14.7. The number of aromatic nitrogens is 4. The SMILES string of the molecule is Nc1ncnc2c1c(-c1ccc(Oc3ccccc3)cc1)nn2C1CCCN(C(=O)CCCN2CCN(CCCCCCCCNc3cccc4c3C(=O)N(C3CCC(=O)NC3=O)C4=O)CC2)C1. The number of nitrogens with two attached hydrogens (primary N) is 1. The monoisotopic (exact) mass is 923 g/mol. The molecule has 5 aromatic rings. The van der Waals surface area contributed by atoms with Crippen molar-refractivity contribution >= 4 is 52.1 Å². The second kappa shape index (κ2) is 21.5. The molecule has 4 aliphatic rings. The Hall–Kier alpha value is -6.72. The standard InChI is InChI=1S/C51H61N11O6/c52-47-45-46(35-19-21-38(22-20-35)68-37-14-6-5-7-15-37)57-62(48(45)55-34-54-47)36-13-11-28-60(33-36)43(64)18-12-27-59-31-29-58(30-32-59)26-9-4-2-1-3-8-25-53-40-17-10-16-39-44(40)51(67)61(50(39)66)41-23-24-42(63)56-49(41)65/h5-7,10,14-17,19-22,34,36,41,53H,1-4,8-9,11-13,18,23-33H2,(H2,52,54,55)(H,56,63,65). The number of benzene rings is 3. The third kappa shape index (κ3) is 10.5. The van der Waals surface area contributed by atoms with Gasteiger partial charge in [-0.1, -0.05) is 49.9 Å². The van der Waals surface area contributed by atoms with Crippen molar-refractivity contribution < 1.29 is 28.7 Å². The average Bonchev–Trinajstić information content (AvgIpc) is 3.87. The van der Waals surface area contributed by atoms with Crippen molar-refractivity contribution in [3.8, 4) is 22.8 Å². The van der Waals surface area contributed by atoms with Crippen LogP contribution in [0, 0.1) is 0 Å². The lowest BCUT2D eigenvalue weighted by molar-refractivity contribution is -0.136. The number of rotatable bonds is 19. The highest BCUT2D eigenvalue weighted by molar-refractivity contribution is 6.25. The number of carbonyl (C=O) groups is 5. The Labute approximate surface area is 396 Å². The Morgan fingerprint density at radius 2 is 1.49 bits per heavy atom. The van der Waals surface area contributed by atoms with Gasteiger partial charge in [0.15, 0.2) is 5.65 Å². The molecule has 0 spiro atoms. The molecule has 4 N–H and O–H groups in total. The van der Waals surface area contributed by atoms with Gasteiger partial charge >= 0.3 is 0 Å². The molecule has 2 atom stereocenters. The largest absolute Gasteiger partial charge is 0.457 e. The number of nitrogens with one attached hydrogen (secondary N) is 2. The van der Waals surface area contributed by atoms with Gasteiger partial charge in [0.05, 0.1) is 22.6 Å². The molecule has 17 nitrogen and oxygen atoms in total. The van der Waals surface area contributed by atoms with E-state index in [2.05, 4.69) is 30.4 Å². The quantitative estimate of drug-likeness (QED) is 0.0618. The Morgan fingerprint density at radius 1 is 0.765 bits per heavy atom. The van der Waals surface area contributed by atoms with Crippen molar-refractivity contribution in [3.05, 3.63) is 90.3 Å². The second-order valence-corrected chi connectivity index (χ2v) is 18.3. The van der Waals surface area contributed by atoms with E-state index in [0.29, 0.717) is 53.3 Å². The van der Waals surface area contributed by atoms with Crippen molar-refractivity contribution in [2.45, 2.75) is 89.1 Å². The predicted molar refractivity (Wildman–Crippen MR) is 258 cm³/mol. The van der Waals surface area contributed by atoms with Gasteiger partial charge in [0.1, 0.15) is 35.4 Å². The maximum atomic E-state index is 13.6. The number of nitrogens with zero attached hydrogens (tertiary/aromatic N) is 8. The fraction of sp³-hybridized carbons (Fsp3) is 0.451. The van der Waals surface area contributed by atoms with Crippen LogP contribution in [0.4, 0.5) is 11.5 Å². The summed E-state index contributed by atoms with van der Waals surface area (Å²) < 4.78 is 7.96. The smallest absolute Gasteiger partial charge is 0.264 e. The summed E-state index contributed by atoms with van der Waals surface area (Å²) >= 11 is 0. The van der Waals surface area contributed by atoms with Crippen molar-refractivity contribution in [1.82, 2.24) is 44.7 Å². The fourth-order valence-electron chi connectivity index (χ4n) is 10.0. The molecule has 4 aliphatic heterocycles. The van der Waals surface area contributed by atoms with Crippen LogP contribution in [0.3, 0.4) is 0 Å². The maximum Gasteiger partial charge on any atom is 0.264 e. The number of para-hydroxylation sites is 1. The minimum Gasteiger partial charge on any atom is -0.457 e. The van der Waals surface area contributed by atoms with Gasteiger partial charge in [-0.05, 0) is 100 Å². The van der Waals surface area contributed by atoms with Crippen LogP contribution < -0.4 is 21.1 Å². The van der Waals surface area contributed by atoms with Gasteiger partial charge in [0, 0.05) is 69.9 Å². The zero-order chi connectivity index (χ0) is 47.0. The van der Waals surface area contributed by atoms with E-state index < -0.39 is 29.7 Å². The van der Waals surface area contributed by atoms with E-state index >= 15 is 0 Å². The number of hydrogen-bond acceptors (Lipinski definition) is 13. The lowest BCUT2D eigenvalue weighted by atomic mass is 10.0. The molecule has 17 heteroatoms. The second-order valence-electron chi connectivity index (χ2n) is 18.3. The first-order valence-electron chi connectivity index (χ1n) is 24.3. The van der Waals surface area contributed by atoms with Gasteiger partial charge in [-0.3, -0.25) is 34.2 Å². The first-order valence-corrected chi connectivity index (χ1v) is 24.3. The van der Waals surface area contributed by atoms with Gasteiger partial charge in [-0.25, -0.2) is 14.6 Å². The molecule has 3 aromatic carbocycles. The third-order valence-corrected chi connectivity index (χ3v) is 13.7. The molecule has 0 radical (unpaired) electrons. The molecule has 356 valence electrons. The van der Waals surface area contributed by atoms with Crippen LogP contribution in [-0.4, -0.2) is 134 Å². The van der Waals surface area contributed by atoms with E-state index in [-0.39, 0.29) is 30.4 Å². The molecule has 2 unspecified atom stereocenters. The fourth-order valence-corrected chi connectivity index (χ4v) is 10.0. The number of carbonyl (C=O) groups excluding carboxylic acids is 5. The molecule has 0 bridgehead atoms. The van der Waals surface area contributed by atoms with Gasteiger partial charge < -0.3 is 30.5 Å². The summed E-state index contributed by atoms with van der Waals surface area (Å²) in [6, 6.07) is 21.6. The number of unbranched alkanes of at least 4 members (excludes halogenated alkanes) is 5. The molecule has 0 aliphatic carbocycles. The normalized spacial score (nSPS) is 19.1. The lowest BCUT2D eigenvalue weighted by Gasteiger charge is -2.35. The number of fused-ring (bicyclic) bond motifs is 2. The number of imide groups is 2. The molecule has 5 amide bonds. The summed E-state index contributed by atoms with van der Waals surface area (Å²) in [5, 5.41) is 11.4. The molecule has 3 fully saturated rings. The molecule has 3 saturated heterocycles. The van der Waals surface area contributed by atoms with Crippen LogP contribution in [-0.2, 0) is 14.4 Å². The van der Waals surface area contributed by atoms with Gasteiger partial charge in [0.2, 0.25) is 17.7 Å². The minimum absolute atomic E-state index is 0.0243. The highest BCUT2D eigenvalue weighted by atomic mass is 16.5. The Bertz CT molecular complexity index is 2610. The number of hydrogen-bond donors (Lipinski definition) is 3. The number of likely N-dealkylation sites (tertiary alicyclic amines) is 1. The summed E-state index contributed by atoms with van der Waals surface area (Å²) in [5.74, 6) is 0.0662. The van der Waals surface area contributed by atoms with Crippen LogP contribution in [0.1, 0.15) is 104 Å². The summed E-state index contributed by atoms with van der Waals surface area (Å²) in [7, 11) is 0. The van der Waals surface area contributed by atoms with E-state index in [4.69, 9.17) is 15.6 Å². The van der Waals surface area contributed by atoms with Crippen molar-refractivity contribution in [3.63, 3.8) is 0 Å². The maximum absolute atomic E-state index is 13.6. The molecule has 9 rings (SSSR count). The van der Waals surface area contributed by atoms with Gasteiger partial charge in [-0.15, -0.1) is 0 Å². The van der Waals surface area contributed by atoms with E-state index in [0.717, 1.165) is 106 Å². The molecular weight excluding hydrogens is 863 g/mol. The van der Waals surface area contributed by atoms with Crippen LogP contribution in [0.5, 0.6) is 11.5 Å². The molecule has 0 saturated carbocycles. The van der Waals surface area contributed by atoms with Crippen LogP contribution in [0.25, 0.3) is 22.3 Å². The number of piperazine rings is 1. The summed E-state index contributed by atoms with van der Waals surface area (Å²) in [5.41, 5.74) is 9.90. The number of anilines is 2. The zero-order valence-electron chi connectivity index (χ0n) is 38.6. The minimum atomic E-state index is -0.975. The first kappa shape index (κ1) is 46.4. The van der Waals surface area contributed by atoms with Crippen molar-refractivity contribution in [2.75, 3.05) is 70.0 Å². The van der Waals surface area contributed by atoms with Crippen LogP contribution >= 0.6 is 0 Å². The number of amides is 5. The highest BCUT2D eigenvalue weighted by Crippen LogP contribution is 2.36. The van der Waals surface area contributed by atoms with Gasteiger partial charge in [-0.2, -0.15) is 5.10 Å². The number of piperidine rings is 2. The number of ether oxygens (including phenoxy) is 1. The number of nitrogen functional groups attached to an aromatic ring is 1. The highest BCUT2D eigenvalue weighted by Gasteiger charge is 2.45. The van der Waals surface area contributed by atoms with E-state index in [1.165, 1.54) is 25.6 Å². The zero-order valence-corrected chi connectivity index (χ0v) is 38.6. The molecular formula is C51H61N11O6. The lowest BCUT2D eigenvalue weighted by Crippen LogP contribution is -2.54. The average molecular weight is 924 g/mol. The first-order chi connectivity index (χ1) is 33.2. The summed E-state index contributed by atoms with van der Waals surface area (Å²) in [6.45, 7) is 8.18. The van der Waals surface area contributed by atoms with Crippen LogP contribution in [0.2, 0.25) is 0 Å². The molecule has 2 aromatic heterocycles. The van der Waals surface area contributed by atoms with Gasteiger partial charge in [0.25, 0.3) is 11.8 Å².